The molecule has 0 aromatic heterocycles. The van der Waals surface area contributed by atoms with Gasteiger partial charge in [-0.3, -0.25) is 0 Å². The minimum absolute atomic E-state index is 0.147. The lowest BCUT2D eigenvalue weighted by molar-refractivity contribution is 0.249. The van der Waals surface area contributed by atoms with Crippen molar-refractivity contribution in [3.05, 3.63) is 28.8 Å². The zero-order valence-corrected chi connectivity index (χ0v) is 13.5. The number of nitrogens with two attached hydrogens (primary N) is 1. The summed E-state index contributed by atoms with van der Waals surface area (Å²) < 4.78 is 0. The highest BCUT2D eigenvalue weighted by Crippen LogP contribution is 2.27. The molecule has 1 aromatic rings. The van der Waals surface area contributed by atoms with Gasteiger partial charge in [0.15, 0.2) is 0 Å². The van der Waals surface area contributed by atoms with Crippen LogP contribution in [0.2, 0.25) is 5.02 Å². The molecule has 20 heavy (non-hydrogen) atoms. The topological polar surface area (TPSA) is 32.5 Å². The van der Waals surface area contributed by atoms with Crippen molar-refractivity contribution in [2.45, 2.75) is 38.3 Å². The molecule has 1 heterocycles. The molecule has 112 valence electrons. The van der Waals surface area contributed by atoms with Crippen LogP contribution in [-0.4, -0.2) is 44.2 Å². The molecule has 1 saturated heterocycles. The minimum atomic E-state index is 0.147. The van der Waals surface area contributed by atoms with Gasteiger partial charge in [0.1, 0.15) is 0 Å². The van der Waals surface area contributed by atoms with Crippen LogP contribution in [0.15, 0.2) is 18.2 Å². The smallest absolute Gasteiger partial charge is 0.0459 e. The summed E-state index contributed by atoms with van der Waals surface area (Å²) in [7, 11) is 4.33. The van der Waals surface area contributed by atoms with Crippen LogP contribution in [0.5, 0.6) is 0 Å². The highest BCUT2D eigenvalue weighted by Gasteiger charge is 2.21. The van der Waals surface area contributed by atoms with Crippen molar-refractivity contribution in [1.82, 2.24) is 4.90 Å². The summed E-state index contributed by atoms with van der Waals surface area (Å²) in [6.45, 7) is 4.22. The second-order valence-corrected chi connectivity index (χ2v) is 6.55. The van der Waals surface area contributed by atoms with Crippen LogP contribution in [0.1, 0.15) is 25.3 Å². The Morgan fingerprint density at radius 2 is 2.00 bits per heavy atom. The molecule has 2 N–H and O–H groups in total. The van der Waals surface area contributed by atoms with E-state index in [1.54, 1.807) is 0 Å². The Hall–Kier alpha value is -0.770. The molecule has 0 aliphatic carbocycles. The van der Waals surface area contributed by atoms with Gasteiger partial charge in [0, 0.05) is 35.9 Å². The Balaban J connectivity index is 2.02. The zero-order chi connectivity index (χ0) is 14.7. The predicted octanol–water partition coefficient (Wildman–Crippen LogP) is 2.76. The molecule has 0 spiro atoms. The maximum Gasteiger partial charge on any atom is 0.0459 e. The maximum atomic E-state index is 6.38. The molecule has 2 rings (SSSR count). The van der Waals surface area contributed by atoms with Crippen LogP contribution in [0, 0.1) is 0 Å². The lowest BCUT2D eigenvalue weighted by Crippen LogP contribution is -2.42. The standard InChI is InChI=1S/C16H26ClN3/c1-12(18)10-13-4-5-15(11-16(13)17)20-8-6-14(7-9-20)19(2)3/h4-5,11-12,14H,6-10,18H2,1-3H3. The fourth-order valence-corrected chi connectivity index (χ4v) is 3.14. The molecule has 1 aliphatic heterocycles. The van der Waals surface area contributed by atoms with E-state index in [1.807, 2.05) is 6.92 Å². The first-order valence-electron chi connectivity index (χ1n) is 7.42. The lowest BCUT2D eigenvalue weighted by Gasteiger charge is -2.36. The van der Waals surface area contributed by atoms with Crippen molar-refractivity contribution in [2.75, 3.05) is 32.1 Å². The molecule has 1 unspecified atom stereocenters. The Morgan fingerprint density at radius 1 is 1.35 bits per heavy atom. The van der Waals surface area contributed by atoms with Gasteiger partial charge >= 0.3 is 0 Å². The van der Waals surface area contributed by atoms with Crippen LogP contribution in [0.3, 0.4) is 0 Å². The van der Waals surface area contributed by atoms with Crippen LogP contribution in [0.4, 0.5) is 5.69 Å². The molecule has 4 heteroatoms. The maximum absolute atomic E-state index is 6.38. The molecule has 0 bridgehead atoms. The van der Waals surface area contributed by atoms with E-state index in [2.05, 4.69) is 42.1 Å². The first-order chi connectivity index (χ1) is 9.47. The van der Waals surface area contributed by atoms with E-state index in [-0.39, 0.29) is 6.04 Å². The first-order valence-corrected chi connectivity index (χ1v) is 7.80. The molecule has 3 nitrogen and oxygen atoms in total. The largest absolute Gasteiger partial charge is 0.371 e. The Bertz CT molecular complexity index is 437. The van der Waals surface area contributed by atoms with E-state index in [1.165, 1.54) is 18.5 Å². The third-order valence-electron chi connectivity index (χ3n) is 4.14. The average Bonchev–Trinajstić information content (AvgIpc) is 2.41. The monoisotopic (exact) mass is 295 g/mol. The summed E-state index contributed by atoms with van der Waals surface area (Å²) in [5, 5.41) is 0.842. The van der Waals surface area contributed by atoms with Gasteiger partial charge in [-0.05, 0) is 58.0 Å². The van der Waals surface area contributed by atoms with Gasteiger partial charge in [-0.2, -0.15) is 0 Å². The summed E-state index contributed by atoms with van der Waals surface area (Å²) in [5.41, 5.74) is 8.23. The normalized spacial score (nSPS) is 18.6. The lowest BCUT2D eigenvalue weighted by atomic mass is 10.0. The summed E-state index contributed by atoms with van der Waals surface area (Å²) in [4.78, 5) is 4.76. The van der Waals surface area contributed by atoms with Gasteiger partial charge in [0.2, 0.25) is 0 Å². The second kappa shape index (κ2) is 6.79. The van der Waals surface area contributed by atoms with Crippen LogP contribution in [0.25, 0.3) is 0 Å². The van der Waals surface area contributed by atoms with Gasteiger partial charge in [-0.1, -0.05) is 17.7 Å². The van der Waals surface area contributed by atoms with E-state index >= 15 is 0 Å². The van der Waals surface area contributed by atoms with Gasteiger partial charge < -0.3 is 15.5 Å². The molecular formula is C16H26ClN3. The third-order valence-corrected chi connectivity index (χ3v) is 4.49. The van der Waals surface area contributed by atoms with Crippen LogP contribution < -0.4 is 10.6 Å². The van der Waals surface area contributed by atoms with E-state index in [0.29, 0.717) is 6.04 Å². The Labute approximate surface area is 127 Å². The van der Waals surface area contributed by atoms with Crippen molar-refractivity contribution in [2.24, 2.45) is 5.73 Å². The van der Waals surface area contributed by atoms with Crippen LogP contribution in [-0.2, 0) is 6.42 Å². The number of piperidine rings is 1. The minimum Gasteiger partial charge on any atom is -0.371 e. The molecule has 1 atom stereocenters. The number of halogens is 1. The van der Waals surface area contributed by atoms with Gasteiger partial charge in [-0.25, -0.2) is 0 Å². The van der Waals surface area contributed by atoms with Crippen molar-refractivity contribution in [3.8, 4) is 0 Å². The SMILES string of the molecule is CC(N)Cc1ccc(N2CCC(N(C)C)CC2)cc1Cl. The van der Waals surface area contributed by atoms with Gasteiger partial charge in [0.05, 0.1) is 0 Å². The quantitative estimate of drug-likeness (QED) is 0.927. The fourth-order valence-electron chi connectivity index (χ4n) is 2.89. The number of benzene rings is 1. The van der Waals surface area contributed by atoms with Crippen molar-refractivity contribution in [1.29, 1.82) is 0 Å². The van der Waals surface area contributed by atoms with E-state index in [0.717, 1.165) is 30.1 Å². The van der Waals surface area contributed by atoms with Crippen molar-refractivity contribution < 1.29 is 0 Å². The molecule has 1 aromatic carbocycles. The van der Waals surface area contributed by atoms with E-state index in [4.69, 9.17) is 17.3 Å². The van der Waals surface area contributed by atoms with Gasteiger partial charge in [0.25, 0.3) is 0 Å². The summed E-state index contributed by atoms with van der Waals surface area (Å²) in [5.74, 6) is 0. The fraction of sp³-hybridized carbons (Fsp3) is 0.625. The Morgan fingerprint density at radius 3 is 2.50 bits per heavy atom. The van der Waals surface area contributed by atoms with E-state index in [9.17, 15) is 0 Å². The number of anilines is 1. The number of rotatable bonds is 4. The molecule has 0 amide bonds. The second-order valence-electron chi connectivity index (χ2n) is 6.14. The summed E-state index contributed by atoms with van der Waals surface area (Å²) >= 11 is 6.38. The number of hydrogen-bond acceptors (Lipinski definition) is 3. The van der Waals surface area contributed by atoms with Gasteiger partial charge in [-0.15, -0.1) is 0 Å². The molecule has 0 radical (unpaired) electrons. The highest BCUT2D eigenvalue weighted by atomic mass is 35.5. The highest BCUT2D eigenvalue weighted by molar-refractivity contribution is 6.31. The summed E-state index contributed by atoms with van der Waals surface area (Å²) in [6, 6.07) is 7.25. The first kappa shape index (κ1) is 15.6. The Kier molecular flexibility index (Phi) is 5.30. The molecule has 1 aliphatic rings. The predicted molar refractivity (Wildman–Crippen MR) is 87.7 cm³/mol. The molecule has 0 saturated carbocycles. The average molecular weight is 296 g/mol. The van der Waals surface area contributed by atoms with Crippen molar-refractivity contribution >= 4 is 17.3 Å². The summed E-state index contributed by atoms with van der Waals surface area (Å²) in [6.07, 6.45) is 3.26. The van der Waals surface area contributed by atoms with Crippen LogP contribution >= 0.6 is 11.6 Å². The van der Waals surface area contributed by atoms with Crippen molar-refractivity contribution in [3.63, 3.8) is 0 Å². The number of nitrogens with zero attached hydrogens (tertiary/aromatic N) is 2. The van der Waals surface area contributed by atoms with E-state index < -0.39 is 0 Å². The number of hydrogen-bond donors (Lipinski definition) is 1. The molecule has 1 fully saturated rings. The zero-order valence-electron chi connectivity index (χ0n) is 12.8. The molecular weight excluding hydrogens is 270 g/mol. The third kappa shape index (κ3) is 3.87.